The second-order valence-electron chi connectivity index (χ2n) is 3.05. The fourth-order valence-electron chi connectivity index (χ4n) is 1.29. The van der Waals surface area contributed by atoms with Crippen molar-refractivity contribution in [3.63, 3.8) is 0 Å². The lowest BCUT2D eigenvalue weighted by atomic mass is 10.0. The first-order valence-electron chi connectivity index (χ1n) is 4.05. The standard InChI is InChI=1S/C9H6ClF2NO2S/c1-5-2-7(16(10,14)15)3-6(4-13)8(5)9(11)12/h2-3,9H,1H3. The Morgan fingerprint density at radius 2 is 2.00 bits per heavy atom. The van der Waals surface area contributed by atoms with Gasteiger partial charge in [0.25, 0.3) is 15.5 Å². The molecule has 0 aliphatic rings. The summed E-state index contributed by atoms with van der Waals surface area (Å²) in [5.41, 5.74) is -0.825. The number of halogens is 3. The minimum atomic E-state index is -4.02. The Balaban J connectivity index is 3.59. The van der Waals surface area contributed by atoms with Crippen molar-refractivity contribution < 1.29 is 17.2 Å². The van der Waals surface area contributed by atoms with E-state index in [0.717, 1.165) is 12.1 Å². The van der Waals surface area contributed by atoms with Crippen molar-refractivity contribution in [3.8, 4) is 6.07 Å². The summed E-state index contributed by atoms with van der Waals surface area (Å²) >= 11 is 0. The molecule has 0 atom stereocenters. The van der Waals surface area contributed by atoms with Crippen molar-refractivity contribution in [2.45, 2.75) is 18.2 Å². The number of benzene rings is 1. The van der Waals surface area contributed by atoms with Gasteiger partial charge in [-0.15, -0.1) is 0 Å². The Labute approximate surface area is 95.7 Å². The van der Waals surface area contributed by atoms with E-state index in [4.69, 9.17) is 15.9 Å². The van der Waals surface area contributed by atoms with Gasteiger partial charge >= 0.3 is 0 Å². The molecule has 3 nitrogen and oxygen atoms in total. The van der Waals surface area contributed by atoms with E-state index in [-0.39, 0.29) is 16.0 Å². The highest BCUT2D eigenvalue weighted by Gasteiger charge is 2.20. The van der Waals surface area contributed by atoms with Crippen molar-refractivity contribution in [1.29, 1.82) is 5.26 Å². The highest BCUT2D eigenvalue weighted by molar-refractivity contribution is 8.13. The lowest BCUT2D eigenvalue weighted by Gasteiger charge is -2.08. The number of nitriles is 1. The van der Waals surface area contributed by atoms with E-state index < -0.39 is 21.0 Å². The lowest BCUT2D eigenvalue weighted by Crippen LogP contribution is -2.00. The molecule has 0 fully saturated rings. The van der Waals surface area contributed by atoms with Crippen LogP contribution in [0.4, 0.5) is 8.78 Å². The summed E-state index contributed by atoms with van der Waals surface area (Å²) in [4.78, 5) is -0.354. The maximum Gasteiger partial charge on any atom is 0.265 e. The maximum absolute atomic E-state index is 12.6. The van der Waals surface area contributed by atoms with Gasteiger partial charge in [-0.2, -0.15) is 5.26 Å². The molecule has 0 saturated carbocycles. The van der Waals surface area contributed by atoms with Crippen LogP contribution in [0.2, 0.25) is 0 Å². The second kappa shape index (κ2) is 4.36. The summed E-state index contributed by atoms with van der Waals surface area (Å²) in [5.74, 6) is 0. The topological polar surface area (TPSA) is 57.9 Å². The molecule has 0 unspecified atom stereocenters. The van der Waals surface area contributed by atoms with Crippen LogP contribution in [0.15, 0.2) is 17.0 Å². The summed E-state index contributed by atoms with van der Waals surface area (Å²) in [6.45, 7) is 1.30. The summed E-state index contributed by atoms with van der Waals surface area (Å²) < 4.78 is 47.1. The second-order valence-corrected chi connectivity index (χ2v) is 5.62. The molecule has 0 aliphatic carbocycles. The van der Waals surface area contributed by atoms with Crippen LogP contribution >= 0.6 is 10.7 Å². The fourth-order valence-corrected chi connectivity index (χ4v) is 2.13. The van der Waals surface area contributed by atoms with Crippen molar-refractivity contribution in [1.82, 2.24) is 0 Å². The number of nitrogens with zero attached hydrogens (tertiary/aromatic N) is 1. The first-order valence-corrected chi connectivity index (χ1v) is 6.35. The Kier molecular flexibility index (Phi) is 3.51. The van der Waals surface area contributed by atoms with E-state index in [1.54, 1.807) is 0 Å². The van der Waals surface area contributed by atoms with Crippen LogP contribution in [0.1, 0.15) is 23.1 Å². The molecule has 0 aliphatic heterocycles. The third-order valence-corrected chi connectivity index (χ3v) is 3.31. The number of aryl methyl sites for hydroxylation is 1. The molecule has 0 spiro atoms. The molecule has 0 saturated heterocycles. The predicted octanol–water partition coefficient (Wildman–Crippen LogP) is 2.73. The van der Waals surface area contributed by atoms with E-state index >= 15 is 0 Å². The molecule has 0 aromatic heterocycles. The first-order chi connectivity index (χ1) is 7.27. The molecule has 1 rings (SSSR count). The molecule has 0 radical (unpaired) electrons. The third kappa shape index (κ3) is 2.49. The Hall–Kier alpha value is -1.19. The molecule has 1 aromatic carbocycles. The van der Waals surface area contributed by atoms with Gasteiger partial charge in [-0.05, 0) is 24.6 Å². The van der Waals surface area contributed by atoms with Gasteiger partial charge < -0.3 is 0 Å². The van der Waals surface area contributed by atoms with Crippen molar-refractivity contribution in [2.24, 2.45) is 0 Å². The molecule has 16 heavy (non-hydrogen) atoms. The van der Waals surface area contributed by atoms with Crippen LogP contribution in [0.25, 0.3) is 0 Å². The Morgan fingerprint density at radius 3 is 2.38 bits per heavy atom. The zero-order chi connectivity index (χ0) is 12.5. The van der Waals surface area contributed by atoms with Gasteiger partial charge in [-0.3, -0.25) is 0 Å². The predicted molar refractivity (Wildman–Crippen MR) is 53.9 cm³/mol. The molecular weight excluding hydrogens is 260 g/mol. The highest BCUT2D eigenvalue weighted by Crippen LogP contribution is 2.29. The van der Waals surface area contributed by atoms with Crippen molar-refractivity contribution in [2.75, 3.05) is 0 Å². The molecule has 0 N–H and O–H groups in total. The van der Waals surface area contributed by atoms with Crippen LogP contribution in [0.3, 0.4) is 0 Å². The van der Waals surface area contributed by atoms with Crippen molar-refractivity contribution >= 4 is 19.7 Å². The fraction of sp³-hybridized carbons (Fsp3) is 0.222. The van der Waals surface area contributed by atoms with Gasteiger partial charge in [0.1, 0.15) is 0 Å². The molecule has 0 bridgehead atoms. The van der Waals surface area contributed by atoms with Crippen LogP contribution in [0.5, 0.6) is 0 Å². The molecule has 0 amide bonds. The Bertz CT molecular complexity index is 564. The van der Waals surface area contributed by atoms with Gasteiger partial charge in [0.15, 0.2) is 0 Å². The zero-order valence-electron chi connectivity index (χ0n) is 8.04. The Morgan fingerprint density at radius 1 is 1.44 bits per heavy atom. The minimum absolute atomic E-state index is 0.0216. The van der Waals surface area contributed by atoms with Gasteiger partial charge in [0.05, 0.1) is 16.5 Å². The smallest absolute Gasteiger partial charge is 0.207 e. The molecular formula is C9H6ClF2NO2S. The van der Waals surface area contributed by atoms with Gasteiger partial charge in [-0.25, -0.2) is 17.2 Å². The van der Waals surface area contributed by atoms with Gasteiger partial charge in [-0.1, -0.05) is 0 Å². The monoisotopic (exact) mass is 265 g/mol. The highest BCUT2D eigenvalue weighted by atomic mass is 35.7. The first kappa shape index (κ1) is 12.9. The average Bonchev–Trinajstić information content (AvgIpc) is 2.14. The normalized spacial score (nSPS) is 11.5. The maximum atomic E-state index is 12.6. The largest absolute Gasteiger partial charge is 0.265 e. The number of rotatable bonds is 2. The molecule has 86 valence electrons. The molecule has 7 heteroatoms. The SMILES string of the molecule is Cc1cc(S(=O)(=O)Cl)cc(C#N)c1C(F)F. The number of hydrogen-bond donors (Lipinski definition) is 0. The van der Waals surface area contributed by atoms with E-state index in [1.165, 1.54) is 13.0 Å². The molecule has 0 heterocycles. The number of hydrogen-bond acceptors (Lipinski definition) is 3. The lowest BCUT2D eigenvalue weighted by molar-refractivity contribution is 0.150. The number of alkyl halides is 2. The average molecular weight is 266 g/mol. The van der Waals surface area contributed by atoms with Crippen LogP contribution in [-0.2, 0) is 9.05 Å². The summed E-state index contributed by atoms with van der Waals surface area (Å²) in [6.07, 6.45) is -2.83. The summed E-state index contributed by atoms with van der Waals surface area (Å²) in [5, 5.41) is 8.66. The van der Waals surface area contributed by atoms with E-state index in [9.17, 15) is 17.2 Å². The van der Waals surface area contributed by atoms with Crippen LogP contribution < -0.4 is 0 Å². The van der Waals surface area contributed by atoms with E-state index in [1.807, 2.05) is 0 Å². The third-order valence-electron chi connectivity index (χ3n) is 1.98. The summed E-state index contributed by atoms with van der Waals surface area (Å²) in [6, 6.07) is 3.39. The van der Waals surface area contributed by atoms with E-state index in [0.29, 0.717) is 0 Å². The summed E-state index contributed by atoms with van der Waals surface area (Å²) in [7, 11) is 1.04. The van der Waals surface area contributed by atoms with Crippen molar-refractivity contribution in [3.05, 3.63) is 28.8 Å². The minimum Gasteiger partial charge on any atom is -0.207 e. The van der Waals surface area contributed by atoms with Crippen LogP contribution in [0, 0.1) is 18.3 Å². The van der Waals surface area contributed by atoms with Gasteiger partial charge in [0, 0.05) is 16.2 Å². The van der Waals surface area contributed by atoms with Crippen LogP contribution in [-0.4, -0.2) is 8.42 Å². The van der Waals surface area contributed by atoms with E-state index in [2.05, 4.69) is 0 Å². The zero-order valence-corrected chi connectivity index (χ0v) is 9.61. The quantitative estimate of drug-likeness (QED) is 0.773. The van der Waals surface area contributed by atoms with Gasteiger partial charge in [0.2, 0.25) is 0 Å². The molecule has 1 aromatic rings.